The van der Waals surface area contributed by atoms with Crippen LogP contribution in [0.2, 0.25) is 0 Å². The highest BCUT2D eigenvalue weighted by Gasteiger charge is 2.40. The molecule has 1 aromatic heterocycles. The maximum atomic E-state index is 12.9. The van der Waals surface area contributed by atoms with Gasteiger partial charge in [-0.3, -0.25) is 14.6 Å². The molecule has 29 heavy (non-hydrogen) atoms. The lowest BCUT2D eigenvalue weighted by Crippen LogP contribution is -2.38. The summed E-state index contributed by atoms with van der Waals surface area (Å²) >= 11 is 0. The van der Waals surface area contributed by atoms with Crippen LogP contribution in [-0.4, -0.2) is 23.0 Å². The third kappa shape index (κ3) is 3.41. The van der Waals surface area contributed by atoms with Gasteiger partial charge in [0.15, 0.2) is 0 Å². The molecule has 8 nitrogen and oxygen atoms in total. The summed E-state index contributed by atoms with van der Waals surface area (Å²) in [6, 6.07) is 18.1. The normalized spacial score (nSPS) is 17.6. The molecule has 3 aromatic rings. The molecule has 0 unspecified atom stereocenters. The largest absolute Gasteiger partial charge is 0.497 e. The SMILES string of the molecule is COc1ccc(Nc2nc3c(c(=O)[nH]2)[C@H](c2ccccc2)[C@H](C#N)C(=O)N3)cc1. The lowest BCUT2D eigenvalue weighted by atomic mass is 9.79. The molecule has 0 saturated carbocycles. The molecule has 0 aliphatic carbocycles. The van der Waals surface area contributed by atoms with Crippen molar-refractivity contribution in [1.29, 1.82) is 5.26 Å². The van der Waals surface area contributed by atoms with Crippen molar-refractivity contribution in [3.63, 3.8) is 0 Å². The van der Waals surface area contributed by atoms with E-state index in [2.05, 4.69) is 20.6 Å². The van der Waals surface area contributed by atoms with Crippen molar-refractivity contribution in [2.75, 3.05) is 17.7 Å². The number of anilines is 3. The molecule has 1 aliphatic heterocycles. The second-order valence-corrected chi connectivity index (χ2v) is 6.51. The highest BCUT2D eigenvalue weighted by molar-refractivity contribution is 5.98. The molecule has 0 fully saturated rings. The Kier molecular flexibility index (Phi) is 4.71. The molecule has 2 heterocycles. The number of nitrogens with zero attached hydrogens (tertiary/aromatic N) is 2. The van der Waals surface area contributed by atoms with Gasteiger partial charge in [0.1, 0.15) is 17.5 Å². The number of aromatic nitrogens is 2. The zero-order valence-corrected chi connectivity index (χ0v) is 15.5. The van der Waals surface area contributed by atoms with Crippen LogP contribution in [0.5, 0.6) is 5.75 Å². The summed E-state index contributed by atoms with van der Waals surface area (Å²) in [6.45, 7) is 0. The molecule has 2 atom stereocenters. The summed E-state index contributed by atoms with van der Waals surface area (Å²) in [5.41, 5.74) is 1.24. The maximum absolute atomic E-state index is 12.9. The summed E-state index contributed by atoms with van der Waals surface area (Å²) in [7, 11) is 1.57. The predicted octanol–water partition coefficient (Wildman–Crippen LogP) is 2.75. The molecule has 3 N–H and O–H groups in total. The molecule has 8 heteroatoms. The van der Waals surface area contributed by atoms with Crippen molar-refractivity contribution in [3.8, 4) is 11.8 Å². The van der Waals surface area contributed by atoms with E-state index < -0.39 is 23.3 Å². The van der Waals surface area contributed by atoms with E-state index in [9.17, 15) is 14.9 Å². The predicted molar refractivity (Wildman–Crippen MR) is 107 cm³/mol. The number of hydrogen-bond acceptors (Lipinski definition) is 6. The Labute approximate surface area is 166 Å². The van der Waals surface area contributed by atoms with Gasteiger partial charge in [-0.15, -0.1) is 0 Å². The summed E-state index contributed by atoms with van der Waals surface area (Å²) in [6.07, 6.45) is 0. The number of nitriles is 1. The standard InChI is InChI=1S/C21H17N5O3/c1-29-14-9-7-13(8-10-14)23-21-25-18-17(20(28)26-21)16(12-5-3-2-4-6-12)15(11-22)19(27)24-18/h2-10,15-16H,1H3,(H3,23,24,25,26,27,28)/t15-,16+/m0/s1. The van der Waals surface area contributed by atoms with Gasteiger partial charge in [-0.2, -0.15) is 10.2 Å². The van der Waals surface area contributed by atoms with Crippen LogP contribution in [0.4, 0.5) is 17.5 Å². The van der Waals surface area contributed by atoms with Crippen LogP contribution in [0.3, 0.4) is 0 Å². The number of H-pyrrole nitrogens is 1. The number of rotatable bonds is 4. The minimum atomic E-state index is -1.02. The van der Waals surface area contributed by atoms with Crippen LogP contribution < -0.4 is 20.9 Å². The van der Waals surface area contributed by atoms with E-state index in [4.69, 9.17) is 4.74 Å². The van der Waals surface area contributed by atoms with Gasteiger partial charge in [0, 0.05) is 11.6 Å². The first-order valence-electron chi connectivity index (χ1n) is 8.91. The minimum absolute atomic E-state index is 0.148. The van der Waals surface area contributed by atoms with Crippen molar-refractivity contribution >= 4 is 23.4 Å². The summed E-state index contributed by atoms with van der Waals surface area (Å²) in [4.78, 5) is 32.5. The molecule has 0 radical (unpaired) electrons. The first-order valence-corrected chi connectivity index (χ1v) is 8.91. The van der Waals surface area contributed by atoms with Gasteiger partial charge in [-0.1, -0.05) is 30.3 Å². The number of amides is 1. The summed E-state index contributed by atoms with van der Waals surface area (Å²) < 4.78 is 5.12. The van der Waals surface area contributed by atoms with E-state index in [0.29, 0.717) is 17.0 Å². The third-order valence-corrected chi connectivity index (χ3v) is 4.77. The molecule has 2 aromatic carbocycles. The number of fused-ring (bicyclic) bond motifs is 1. The number of hydrogen-bond donors (Lipinski definition) is 3. The molecule has 0 saturated heterocycles. The van der Waals surface area contributed by atoms with E-state index in [1.807, 2.05) is 12.1 Å². The molecule has 4 rings (SSSR count). The quantitative estimate of drug-likeness (QED) is 0.633. The average Bonchev–Trinajstić information content (AvgIpc) is 2.74. The highest BCUT2D eigenvalue weighted by Crippen LogP contribution is 2.37. The van der Waals surface area contributed by atoms with Crippen LogP contribution in [0, 0.1) is 17.2 Å². The van der Waals surface area contributed by atoms with Crippen molar-refractivity contribution in [2.45, 2.75) is 5.92 Å². The topological polar surface area (TPSA) is 120 Å². The van der Waals surface area contributed by atoms with Crippen LogP contribution in [-0.2, 0) is 4.79 Å². The fourth-order valence-corrected chi connectivity index (χ4v) is 3.40. The lowest BCUT2D eigenvalue weighted by Gasteiger charge is -2.28. The first kappa shape index (κ1) is 18.3. The number of carbonyl (C=O) groups excluding carboxylic acids is 1. The zero-order valence-electron chi connectivity index (χ0n) is 15.5. The fourth-order valence-electron chi connectivity index (χ4n) is 3.40. The van der Waals surface area contributed by atoms with Crippen LogP contribution >= 0.6 is 0 Å². The second-order valence-electron chi connectivity index (χ2n) is 6.51. The number of nitrogens with one attached hydrogen (secondary N) is 3. The highest BCUT2D eigenvalue weighted by atomic mass is 16.5. The number of benzene rings is 2. The molecular formula is C21H17N5O3. The number of carbonyl (C=O) groups is 1. The number of ether oxygens (including phenoxy) is 1. The first-order chi connectivity index (χ1) is 14.1. The van der Waals surface area contributed by atoms with Crippen LogP contribution in [0.25, 0.3) is 0 Å². The molecule has 1 amide bonds. The Balaban J connectivity index is 1.76. The molecule has 144 valence electrons. The minimum Gasteiger partial charge on any atom is -0.497 e. The van der Waals surface area contributed by atoms with E-state index in [0.717, 1.165) is 0 Å². The van der Waals surface area contributed by atoms with Crippen LogP contribution in [0.1, 0.15) is 17.0 Å². The molecule has 0 bridgehead atoms. The molecular weight excluding hydrogens is 370 g/mol. The maximum Gasteiger partial charge on any atom is 0.258 e. The number of methoxy groups -OCH3 is 1. The van der Waals surface area contributed by atoms with Gasteiger partial charge in [-0.05, 0) is 29.8 Å². The van der Waals surface area contributed by atoms with Crippen molar-refractivity contribution < 1.29 is 9.53 Å². The van der Waals surface area contributed by atoms with Crippen LogP contribution in [0.15, 0.2) is 59.4 Å². The summed E-state index contributed by atoms with van der Waals surface area (Å²) in [5, 5.41) is 15.1. The van der Waals surface area contributed by atoms with Gasteiger partial charge in [0.25, 0.3) is 5.56 Å². The van der Waals surface area contributed by atoms with Crippen molar-refractivity contribution in [3.05, 3.63) is 76.1 Å². The van der Waals surface area contributed by atoms with E-state index in [1.54, 1.807) is 55.6 Å². The second kappa shape index (κ2) is 7.48. The zero-order chi connectivity index (χ0) is 20.4. The Bertz CT molecular complexity index is 1150. The average molecular weight is 387 g/mol. The van der Waals surface area contributed by atoms with E-state index in [1.165, 1.54) is 0 Å². The van der Waals surface area contributed by atoms with Gasteiger partial charge < -0.3 is 15.4 Å². The third-order valence-electron chi connectivity index (χ3n) is 4.77. The van der Waals surface area contributed by atoms with Gasteiger partial charge in [0.05, 0.1) is 18.7 Å². The van der Waals surface area contributed by atoms with Gasteiger partial charge >= 0.3 is 0 Å². The van der Waals surface area contributed by atoms with Gasteiger partial charge in [0.2, 0.25) is 11.9 Å². The fraction of sp³-hybridized carbons (Fsp3) is 0.143. The Hall–Kier alpha value is -4.12. The molecule has 0 spiro atoms. The Morgan fingerprint density at radius 3 is 2.48 bits per heavy atom. The summed E-state index contributed by atoms with van der Waals surface area (Å²) in [5.74, 6) is -1.17. The van der Waals surface area contributed by atoms with E-state index in [-0.39, 0.29) is 17.3 Å². The number of aromatic amines is 1. The van der Waals surface area contributed by atoms with Gasteiger partial charge in [-0.25, -0.2) is 0 Å². The smallest absolute Gasteiger partial charge is 0.258 e. The van der Waals surface area contributed by atoms with E-state index >= 15 is 0 Å². The van der Waals surface area contributed by atoms with Crippen molar-refractivity contribution in [2.24, 2.45) is 5.92 Å². The monoisotopic (exact) mass is 387 g/mol. The lowest BCUT2D eigenvalue weighted by molar-refractivity contribution is -0.119. The van der Waals surface area contributed by atoms with Crippen molar-refractivity contribution in [1.82, 2.24) is 9.97 Å². The Morgan fingerprint density at radius 1 is 1.10 bits per heavy atom. The molecule has 1 aliphatic rings. The Morgan fingerprint density at radius 2 is 1.83 bits per heavy atom.